The molecule has 0 aliphatic heterocycles. The third kappa shape index (κ3) is 4.64. The maximum Gasteiger partial charge on any atom is 0.227 e. The van der Waals surface area contributed by atoms with Gasteiger partial charge in [-0.25, -0.2) is 0 Å². The van der Waals surface area contributed by atoms with Gasteiger partial charge in [-0.1, -0.05) is 42.5 Å². The maximum atomic E-state index is 12.3. The van der Waals surface area contributed by atoms with Crippen molar-refractivity contribution in [2.24, 2.45) is 0 Å². The first-order chi connectivity index (χ1) is 12.2. The number of carbonyl (C=O) groups is 1. The summed E-state index contributed by atoms with van der Waals surface area (Å²) in [5, 5.41) is 0. The van der Waals surface area contributed by atoms with E-state index in [1.165, 1.54) is 0 Å². The summed E-state index contributed by atoms with van der Waals surface area (Å²) in [5.74, 6) is 0.819. The third-order valence-corrected chi connectivity index (χ3v) is 3.92. The molecule has 1 aromatic heterocycles. The van der Waals surface area contributed by atoms with Crippen LogP contribution < -0.4 is 9.30 Å². The predicted octanol–water partition coefficient (Wildman–Crippen LogP) is 4.04. The molecule has 0 fully saturated rings. The highest BCUT2D eigenvalue weighted by atomic mass is 16.5. The van der Waals surface area contributed by atoms with Crippen molar-refractivity contribution in [2.45, 2.75) is 6.54 Å². The number of aromatic nitrogens is 1. The SMILES string of the molecule is COc1ccc(C(=O)C[n+]2ccc(/C=C/c3ccccc3)cc2)cc1. The number of ketones is 1. The monoisotopic (exact) mass is 330 g/mol. The second-order valence-electron chi connectivity index (χ2n) is 5.70. The lowest BCUT2D eigenvalue weighted by Crippen LogP contribution is -2.37. The van der Waals surface area contributed by atoms with Gasteiger partial charge in [0.15, 0.2) is 12.4 Å². The van der Waals surface area contributed by atoms with E-state index in [1.54, 1.807) is 31.4 Å². The number of carbonyl (C=O) groups excluding carboxylic acids is 1. The number of hydrogen-bond acceptors (Lipinski definition) is 2. The van der Waals surface area contributed by atoms with Gasteiger partial charge in [0.2, 0.25) is 12.3 Å². The molecule has 0 N–H and O–H groups in total. The molecule has 0 aliphatic rings. The van der Waals surface area contributed by atoms with Gasteiger partial charge in [0, 0.05) is 17.7 Å². The lowest BCUT2D eigenvalue weighted by atomic mass is 10.1. The molecule has 0 amide bonds. The van der Waals surface area contributed by atoms with Crippen LogP contribution in [0.2, 0.25) is 0 Å². The molecule has 3 aromatic rings. The Labute approximate surface area is 147 Å². The topological polar surface area (TPSA) is 30.2 Å². The van der Waals surface area contributed by atoms with Crippen LogP contribution in [0.1, 0.15) is 21.5 Å². The molecule has 0 radical (unpaired) electrons. The molecule has 2 aromatic carbocycles. The van der Waals surface area contributed by atoms with Crippen LogP contribution in [0.25, 0.3) is 12.2 Å². The van der Waals surface area contributed by atoms with Gasteiger partial charge in [-0.05, 0) is 35.4 Å². The first-order valence-electron chi connectivity index (χ1n) is 8.14. The number of nitrogens with zero attached hydrogens (tertiary/aromatic N) is 1. The minimum Gasteiger partial charge on any atom is -0.497 e. The van der Waals surface area contributed by atoms with Crippen molar-refractivity contribution in [3.63, 3.8) is 0 Å². The van der Waals surface area contributed by atoms with E-state index >= 15 is 0 Å². The summed E-state index contributed by atoms with van der Waals surface area (Å²) in [5.41, 5.74) is 2.94. The molecule has 3 nitrogen and oxygen atoms in total. The Hall–Kier alpha value is -3.20. The fourth-order valence-electron chi connectivity index (χ4n) is 2.48. The molecule has 0 atom stereocenters. The molecule has 0 saturated heterocycles. The Morgan fingerprint density at radius 3 is 2.08 bits per heavy atom. The Morgan fingerprint density at radius 2 is 1.48 bits per heavy atom. The molecular weight excluding hydrogens is 310 g/mol. The first-order valence-corrected chi connectivity index (χ1v) is 8.14. The second-order valence-corrected chi connectivity index (χ2v) is 5.70. The largest absolute Gasteiger partial charge is 0.497 e. The van der Waals surface area contributed by atoms with Gasteiger partial charge in [0.25, 0.3) is 0 Å². The average Bonchev–Trinajstić information content (AvgIpc) is 2.68. The van der Waals surface area contributed by atoms with Crippen molar-refractivity contribution in [1.29, 1.82) is 0 Å². The first kappa shape index (κ1) is 16.7. The molecule has 0 aliphatic carbocycles. The summed E-state index contributed by atoms with van der Waals surface area (Å²) in [6, 6.07) is 21.3. The summed E-state index contributed by atoms with van der Waals surface area (Å²) in [7, 11) is 1.61. The zero-order valence-corrected chi connectivity index (χ0v) is 14.1. The quantitative estimate of drug-likeness (QED) is 0.504. The van der Waals surface area contributed by atoms with E-state index < -0.39 is 0 Å². The lowest BCUT2D eigenvalue weighted by Gasteiger charge is -2.01. The van der Waals surface area contributed by atoms with Gasteiger partial charge in [-0.3, -0.25) is 4.79 Å². The normalized spacial score (nSPS) is 10.8. The summed E-state index contributed by atoms with van der Waals surface area (Å²) in [6.45, 7) is 0.314. The standard InChI is InChI=1S/C22H20NO2/c1-25-21-11-9-20(10-12-21)22(24)17-23-15-13-19(14-16-23)8-7-18-5-3-2-4-6-18/h2-16H,17H2,1H3/q+1/b8-7+. The summed E-state index contributed by atoms with van der Waals surface area (Å²) in [6.07, 6.45) is 7.98. The van der Waals surface area contributed by atoms with E-state index in [4.69, 9.17) is 4.74 Å². The van der Waals surface area contributed by atoms with Crippen LogP contribution in [0.15, 0.2) is 79.1 Å². The van der Waals surface area contributed by atoms with E-state index in [1.807, 2.05) is 47.3 Å². The van der Waals surface area contributed by atoms with Crippen molar-refractivity contribution in [1.82, 2.24) is 0 Å². The predicted molar refractivity (Wildman–Crippen MR) is 99.3 cm³/mol. The third-order valence-electron chi connectivity index (χ3n) is 3.92. The van der Waals surface area contributed by atoms with Crippen LogP contribution in [0.4, 0.5) is 0 Å². The van der Waals surface area contributed by atoms with Crippen molar-refractivity contribution in [3.05, 3.63) is 95.8 Å². The van der Waals surface area contributed by atoms with Crippen LogP contribution >= 0.6 is 0 Å². The second kappa shape index (κ2) is 8.06. The zero-order chi connectivity index (χ0) is 17.5. The van der Waals surface area contributed by atoms with Crippen LogP contribution in [0.5, 0.6) is 5.75 Å². The van der Waals surface area contributed by atoms with E-state index in [0.717, 1.165) is 16.9 Å². The van der Waals surface area contributed by atoms with Gasteiger partial charge in [-0.2, -0.15) is 4.57 Å². The number of Topliss-reactive ketones (excluding diaryl/α,β-unsaturated/α-hetero) is 1. The molecule has 3 rings (SSSR count). The van der Waals surface area contributed by atoms with Crippen LogP contribution in [0.3, 0.4) is 0 Å². The van der Waals surface area contributed by atoms with Crippen LogP contribution in [0, 0.1) is 0 Å². The molecule has 0 unspecified atom stereocenters. The number of methoxy groups -OCH3 is 1. The maximum absolute atomic E-state index is 12.3. The average molecular weight is 330 g/mol. The van der Waals surface area contributed by atoms with Crippen molar-refractivity contribution >= 4 is 17.9 Å². The summed E-state index contributed by atoms with van der Waals surface area (Å²) < 4.78 is 6.99. The molecule has 0 spiro atoms. The Bertz CT molecular complexity index is 851. The van der Waals surface area contributed by atoms with Crippen molar-refractivity contribution in [2.75, 3.05) is 7.11 Å². The lowest BCUT2D eigenvalue weighted by molar-refractivity contribution is -0.683. The van der Waals surface area contributed by atoms with E-state index in [-0.39, 0.29) is 5.78 Å². The van der Waals surface area contributed by atoms with Gasteiger partial charge in [-0.15, -0.1) is 0 Å². The van der Waals surface area contributed by atoms with Crippen molar-refractivity contribution in [3.8, 4) is 5.75 Å². The molecule has 1 heterocycles. The molecule has 25 heavy (non-hydrogen) atoms. The van der Waals surface area contributed by atoms with Crippen LogP contribution in [-0.2, 0) is 6.54 Å². The zero-order valence-electron chi connectivity index (χ0n) is 14.1. The van der Waals surface area contributed by atoms with Crippen molar-refractivity contribution < 1.29 is 14.1 Å². The highest BCUT2D eigenvalue weighted by Crippen LogP contribution is 2.12. The molecule has 3 heteroatoms. The smallest absolute Gasteiger partial charge is 0.227 e. The van der Waals surface area contributed by atoms with Gasteiger partial charge >= 0.3 is 0 Å². The van der Waals surface area contributed by atoms with Gasteiger partial charge in [0.05, 0.1) is 7.11 Å². The molecule has 0 saturated carbocycles. The number of ether oxygens (including phenoxy) is 1. The van der Waals surface area contributed by atoms with Gasteiger partial charge < -0.3 is 4.74 Å². The highest BCUT2D eigenvalue weighted by Gasteiger charge is 2.11. The highest BCUT2D eigenvalue weighted by molar-refractivity contribution is 5.95. The Balaban J connectivity index is 1.63. The number of hydrogen-bond donors (Lipinski definition) is 0. The minimum absolute atomic E-state index is 0.0697. The molecule has 124 valence electrons. The Kier molecular flexibility index (Phi) is 5.37. The number of benzene rings is 2. The fourth-order valence-corrected chi connectivity index (χ4v) is 2.48. The molecular formula is C22H20NO2+. The summed E-state index contributed by atoms with van der Waals surface area (Å²) in [4.78, 5) is 12.3. The Morgan fingerprint density at radius 1 is 0.880 bits per heavy atom. The number of rotatable bonds is 6. The fraction of sp³-hybridized carbons (Fsp3) is 0.0909. The van der Waals surface area contributed by atoms with Crippen LogP contribution in [-0.4, -0.2) is 12.9 Å². The van der Waals surface area contributed by atoms with E-state index in [9.17, 15) is 4.79 Å². The van der Waals surface area contributed by atoms with Gasteiger partial charge in [0.1, 0.15) is 5.75 Å². The van der Waals surface area contributed by atoms with E-state index in [0.29, 0.717) is 12.1 Å². The minimum atomic E-state index is 0.0697. The molecule has 0 bridgehead atoms. The van der Waals surface area contributed by atoms with E-state index in [2.05, 4.69) is 24.3 Å². The number of pyridine rings is 1. The summed E-state index contributed by atoms with van der Waals surface area (Å²) >= 11 is 0.